The van der Waals surface area contributed by atoms with Crippen LogP contribution in [-0.2, 0) is 34.9 Å². The lowest BCUT2D eigenvalue weighted by Gasteiger charge is -2.44. The van der Waals surface area contributed by atoms with Gasteiger partial charge in [-0.2, -0.15) is 0 Å². The third kappa shape index (κ3) is 6.71. The molecule has 14 heteroatoms. The quantitative estimate of drug-likeness (QED) is 0.282. The van der Waals surface area contributed by atoms with Crippen LogP contribution in [-0.4, -0.2) is 87.6 Å². The van der Waals surface area contributed by atoms with Crippen molar-refractivity contribution in [3.8, 4) is 0 Å². The Bertz CT molecular complexity index is 1310. The van der Waals surface area contributed by atoms with Gasteiger partial charge in [0.25, 0.3) is 11.9 Å². The van der Waals surface area contributed by atoms with Crippen LogP contribution in [0.2, 0.25) is 0 Å². The fourth-order valence-corrected chi connectivity index (χ4v) is 4.98. The van der Waals surface area contributed by atoms with Crippen LogP contribution in [0.5, 0.6) is 0 Å². The van der Waals surface area contributed by atoms with Crippen LogP contribution in [0.15, 0.2) is 48.9 Å². The van der Waals surface area contributed by atoms with Gasteiger partial charge in [-0.1, -0.05) is 50.6 Å². The van der Waals surface area contributed by atoms with Crippen LogP contribution >= 0.6 is 0 Å². The molecule has 218 valence electrons. The number of benzene rings is 1. The number of rotatable bonds is 11. The third-order valence-electron chi connectivity index (χ3n) is 7.00. The van der Waals surface area contributed by atoms with E-state index < -0.39 is 66.8 Å². The maximum absolute atomic E-state index is 13.8. The van der Waals surface area contributed by atoms with Crippen molar-refractivity contribution in [3.05, 3.63) is 60.2 Å². The van der Waals surface area contributed by atoms with Gasteiger partial charge in [0.2, 0.25) is 11.8 Å². The molecule has 1 aromatic carbocycles. The first-order chi connectivity index (χ1) is 19.4. The van der Waals surface area contributed by atoms with E-state index in [1.165, 1.54) is 37.6 Å². The van der Waals surface area contributed by atoms with E-state index in [4.69, 9.17) is 9.31 Å². The van der Waals surface area contributed by atoms with Gasteiger partial charge < -0.3 is 29.5 Å². The molecule has 1 unspecified atom stereocenters. The Kier molecular flexibility index (Phi) is 8.71. The van der Waals surface area contributed by atoms with E-state index in [0.29, 0.717) is 0 Å². The van der Waals surface area contributed by atoms with Crippen LogP contribution in [0, 0.1) is 5.92 Å². The molecule has 0 radical (unpaired) electrons. The van der Waals surface area contributed by atoms with E-state index in [1.54, 1.807) is 0 Å². The van der Waals surface area contributed by atoms with Gasteiger partial charge in [-0.3, -0.25) is 24.2 Å². The fourth-order valence-electron chi connectivity index (χ4n) is 4.98. The first-order valence-corrected chi connectivity index (χ1v) is 13.4. The minimum absolute atomic E-state index is 0.0242. The van der Waals surface area contributed by atoms with E-state index in [1.807, 2.05) is 44.2 Å². The maximum atomic E-state index is 13.8. The van der Waals surface area contributed by atoms with Crippen molar-refractivity contribution in [2.75, 3.05) is 14.1 Å². The summed E-state index contributed by atoms with van der Waals surface area (Å²) in [7, 11) is 3.05. The average molecular weight is 567 g/mol. The molecular formula is C27H34BN5O8. The van der Waals surface area contributed by atoms with Crippen molar-refractivity contribution in [2.24, 2.45) is 5.92 Å². The molecule has 3 N–H and O–H groups in total. The predicted octanol–water partition coefficient (Wildman–Crippen LogP) is 0.0755. The minimum Gasteiger partial charge on any atom is -0.717 e. The molecule has 2 aromatic rings. The van der Waals surface area contributed by atoms with Gasteiger partial charge in [-0.15, -0.1) is 0 Å². The molecule has 1 aromatic heterocycles. The Morgan fingerprint density at radius 2 is 1.85 bits per heavy atom. The van der Waals surface area contributed by atoms with Gasteiger partial charge in [0.15, 0.2) is 5.60 Å². The van der Waals surface area contributed by atoms with Gasteiger partial charge >= 0.3 is 12.7 Å². The molecule has 4 atom stereocenters. The number of carbonyl (C=O) groups is 5. The summed E-state index contributed by atoms with van der Waals surface area (Å²) in [5, 5.41) is 5.55. The summed E-state index contributed by atoms with van der Waals surface area (Å²) in [5.74, 6) is -4.27. The monoisotopic (exact) mass is 567 g/mol. The van der Waals surface area contributed by atoms with E-state index in [-0.39, 0.29) is 24.5 Å². The second-order valence-electron chi connectivity index (χ2n) is 11.0. The van der Waals surface area contributed by atoms with Crippen molar-refractivity contribution in [3.63, 3.8) is 0 Å². The van der Waals surface area contributed by atoms with Gasteiger partial charge in [0, 0.05) is 43.6 Å². The largest absolute Gasteiger partial charge is 0.717 e. The second-order valence-corrected chi connectivity index (χ2v) is 11.0. The lowest BCUT2D eigenvalue weighted by Crippen LogP contribution is -2.68. The highest BCUT2D eigenvalue weighted by atomic mass is 16.8. The topological polar surface area (TPSA) is 170 Å². The summed E-state index contributed by atoms with van der Waals surface area (Å²) in [6, 6.07) is 8.01. The number of carboxylic acids is 1. The molecule has 4 rings (SSSR count). The maximum Gasteiger partial charge on any atom is 0.594 e. The molecule has 2 aliphatic heterocycles. The lowest BCUT2D eigenvalue weighted by molar-refractivity contribution is -0.170. The molecule has 2 bridgehead atoms. The number of fused-ring (bicyclic) bond motifs is 2. The van der Waals surface area contributed by atoms with Gasteiger partial charge in [0.1, 0.15) is 18.2 Å². The lowest BCUT2D eigenvalue weighted by atomic mass is 9.64. The highest BCUT2D eigenvalue weighted by Crippen LogP contribution is 2.42. The van der Waals surface area contributed by atoms with Crippen LogP contribution in [0.3, 0.4) is 0 Å². The van der Waals surface area contributed by atoms with Gasteiger partial charge in [-0.25, -0.2) is 4.98 Å². The van der Waals surface area contributed by atoms with E-state index >= 15 is 0 Å². The Balaban J connectivity index is 1.62. The fraction of sp³-hybridized carbons (Fsp3) is 0.444. The molecule has 3 heterocycles. The van der Waals surface area contributed by atoms with Crippen molar-refractivity contribution >= 4 is 36.4 Å². The molecule has 2 saturated heterocycles. The first kappa shape index (κ1) is 29.7. The smallest absolute Gasteiger partial charge is 0.594 e. The molecule has 2 aliphatic rings. The number of aromatic nitrogens is 2. The average Bonchev–Trinajstić information content (AvgIpc) is 3.13. The summed E-state index contributed by atoms with van der Waals surface area (Å²) >= 11 is 0. The second kappa shape index (κ2) is 12.0. The van der Waals surface area contributed by atoms with Crippen molar-refractivity contribution < 1.29 is 37.9 Å². The SMILES string of the molecule is CC(C)C[C@H](NC(=O)[C@H](Cc1ccccc1)NC(=O)c1cnccn1)[B-]12OC(=O)[C@](CC(=O)N(C)C)(CC(=O)[OH+]1)O2. The van der Waals surface area contributed by atoms with Crippen molar-refractivity contribution in [1.82, 2.24) is 25.5 Å². The zero-order chi connectivity index (χ0) is 29.8. The Labute approximate surface area is 237 Å². The number of nitrogens with one attached hydrogen (secondary N) is 2. The highest BCUT2D eigenvalue weighted by Gasteiger charge is 2.68. The van der Waals surface area contributed by atoms with Crippen molar-refractivity contribution in [2.45, 2.75) is 57.1 Å². The number of hydrogen-bond acceptors (Lipinski definition) is 9. The number of amides is 3. The molecule has 13 nitrogen and oxygen atoms in total. The third-order valence-corrected chi connectivity index (χ3v) is 7.00. The molecule has 0 saturated carbocycles. The van der Waals surface area contributed by atoms with Gasteiger partial charge in [-0.05, 0) is 11.5 Å². The number of aliphatic carboxylic acids is 1. The molecule has 2 fully saturated rings. The summed E-state index contributed by atoms with van der Waals surface area (Å²) in [6.07, 6.45) is 3.58. The zero-order valence-electron chi connectivity index (χ0n) is 23.4. The molecule has 41 heavy (non-hydrogen) atoms. The summed E-state index contributed by atoms with van der Waals surface area (Å²) in [6.45, 7) is 0.735. The van der Waals surface area contributed by atoms with E-state index in [0.717, 1.165) is 5.56 Å². The Morgan fingerprint density at radius 1 is 1.12 bits per heavy atom. The molecule has 0 spiro atoms. The first-order valence-electron chi connectivity index (χ1n) is 13.4. The summed E-state index contributed by atoms with van der Waals surface area (Å²) in [5.41, 5.74) is -1.03. The molecular weight excluding hydrogens is 533 g/mol. The van der Waals surface area contributed by atoms with Gasteiger partial charge in [0.05, 0.1) is 12.6 Å². The molecule has 0 aliphatic carbocycles. The highest BCUT2D eigenvalue weighted by molar-refractivity contribution is 6.67. The number of hydrogen-bond donors (Lipinski definition) is 2. The standard InChI is InChI=1S/C27H34BN5O8/c1-17(2)12-21(28-39-23(35)15-27(41-28,26(38)40-28)14-22(34)33(3)4)32-24(36)19(13-18-8-6-5-7-9-18)31-25(37)20-16-29-10-11-30-20/h5-11,16-17,19,21,39H,12-15H2,1-4H3,(H,31,37)(H,32,36)/t19-,21-,27-,28?/m0/s1. The minimum atomic E-state index is -3.03. The van der Waals surface area contributed by atoms with Crippen LogP contribution in [0.4, 0.5) is 0 Å². The zero-order valence-corrected chi connectivity index (χ0v) is 23.4. The Morgan fingerprint density at radius 3 is 2.49 bits per heavy atom. The van der Waals surface area contributed by atoms with E-state index in [2.05, 4.69) is 25.3 Å². The van der Waals surface area contributed by atoms with Crippen LogP contribution in [0.1, 0.15) is 49.2 Å². The normalized spacial score (nSPS) is 22.8. The van der Waals surface area contributed by atoms with E-state index in [9.17, 15) is 24.0 Å². The summed E-state index contributed by atoms with van der Waals surface area (Å²) < 4.78 is 15.9. The number of nitrogens with zero attached hydrogens (tertiary/aromatic N) is 3. The molecule has 3 amide bonds. The summed E-state index contributed by atoms with van der Waals surface area (Å²) in [4.78, 5) is 74.4. The Hall–Kier alpha value is -4.33. The van der Waals surface area contributed by atoms with Crippen molar-refractivity contribution in [1.29, 1.82) is 0 Å². The van der Waals surface area contributed by atoms with Crippen LogP contribution in [0.25, 0.3) is 0 Å². The predicted molar refractivity (Wildman–Crippen MR) is 146 cm³/mol. The van der Waals surface area contributed by atoms with Crippen LogP contribution < -0.4 is 10.6 Å². The number of carbonyl (C=O) groups excluding carboxylic acids is 4.